The second-order valence-electron chi connectivity index (χ2n) is 3.73. The molecule has 0 saturated carbocycles. The van der Waals surface area contributed by atoms with E-state index in [4.69, 9.17) is 11.6 Å². The first kappa shape index (κ1) is 12.8. The molecule has 1 aromatic rings. The van der Waals surface area contributed by atoms with Crippen LogP contribution in [0.4, 0.5) is 11.4 Å². The van der Waals surface area contributed by atoms with Crippen LogP contribution in [0, 0.1) is 10.1 Å². The summed E-state index contributed by atoms with van der Waals surface area (Å²) in [6, 6.07) is 2.55. The van der Waals surface area contributed by atoms with Gasteiger partial charge in [0.25, 0.3) is 5.69 Å². The lowest BCUT2D eigenvalue weighted by atomic mass is 10.1. The Morgan fingerprint density at radius 2 is 2.22 bits per heavy atom. The number of hydrogen-bond acceptors (Lipinski definition) is 4. The second-order valence-corrected chi connectivity index (χ2v) is 6.03. The summed E-state index contributed by atoms with van der Waals surface area (Å²) in [5.41, 5.74) is 0.0876. The third kappa shape index (κ3) is 1.85. The monoisotopic (exact) mass is 288 g/mol. The Balaban J connectivity index is 2.72. The van der Waals surface area contributed by atoms with Crippen molar-refractivity contribution in [2.45, 2.75) is 5.75 Å². The molecule has 0 aliphatic carbocycles. The molecular formula is C10H9ClN2O4S. The molecule has 6 nitrogen and oxygen atoms in total. The van der Waals surface area contributed by atoms with Crippen molar-refractivity contribution in [1.82, 2.24) is 0 Å². The lowest BCUT2D eigenvalue weighted by Crippen LogP contribution is -2.26. The molecule has 0 amide bonds. The number of halogens is 1. The van der Waals surface area contributed by atoms with Gasteiger partial charge in [0.2, 0.25) is 10.0 Å². The van der Waals surface area contributed by atoms with Crippen molar-refractivity contribution >= 4 is 33.0 Å². The van der Waals surface area contributed by atoms with E-state index < -0.39 is 20.7 Å². The number of nitro benzene ring substituents is 1. The predicted molar refractivity (Wildman–Crippen MR) is 68.3 cm³/mol. The summed E-state index contributed by atoms with van der Waals surface area (Å²) >= 11 is 5.94. The molecule has 1 heterocycles. The summed E-state index contributed by atoms with van der Waals surface area (Å²) in [5.74, 6) is -0.410. The highest BCUT2D eigenvalue weighted by molar-refractivity contribution is 7.92. The van der Waals surface area contributed by atoms with Crippen LogP contribution >= 0.6 is 11.6 Å². The van der Waals surface area contributed by atoms with Gasteiger partial charge in [-0.1, -0.05) is 17.7 Å². The number of rotatable bonds is 3. The number of nitro groups is 1. The van der Waals surface area contributed by atoms with Gasteiger partial charge in [-0.3, -0.25) is 14.4 Å². The summed E-state index contributed by atoms with van der Waals surface area (Å²) in [7, 11) is -3.61. The Morgan fingerprint density at radius 3 is 2.78 bits per heavy atom. The van der Waals surface area contributed by atoms with Gasteiger partial charge in [-0.2, -0.15) is 0 Å². The van der Waals surface area contributed by atoms with Crippen LogP contribution < -0.4 is 4.31 Å². The Hall–Kier alpha value is -1.60. The molecular weight excluding hydrogens is 280 g/mol. The zero-order valence-electron chi connectivity index (χ0n) is 9.17. The van der Waals surface area contributed by atoms with Gasteiger partial charge in [0.15, 0.2) is 0 Å². The number of hydrogen-bond donors (Lipinski definition) is 0. The molecule has 96 valence electrons. The van der Waals surface area contributed by atoms with Gasteiger partial charge in [0.05, 0.1) is 27.7 Å². The van der Waals surface area contributed by atoms with Crippen LogP contribution in [0.15, 0.2) is 24.8 Å². The highest BCUT2D eigenvalue weighted by atomic mass is 35.5. The molecule has 1 aliphatic rings. The molecule has 0 aromatic heterocycles. The van der Waals surface area contributed by atoms with Crippen molar-refractivity contribution < 1.29 is 13.3 Å². The van der Waals surface area contributed by atoms with Gasteiger partial charge < -0.3 is 0 Å². The van der Waals surface area contributed by atoms with Gasteiger partial charge in [-0.25, -0.2) is 8.42 Å². The van der Waals surface area contributed by atoms with E-state index in [1.807, 2.05) is 0 Å². The Kier molecular flexibility index (Phi) is 3.04. The van der Waals surface area contributed by atoms with E-state index in [0.29, 0.717) is 0 Å². The highest BCUT2D eigenvalue weighted by Gasteiger charge is 2.39. The Bertz CT molecular complexity index is 642. The van der Waals surface area contributed by atoms with Crippen molar-refractivity contribution in [3.05, 3.63) is 45.5 Å². The molecule has 0 fully saturated rings. The van der Waals surface area contributed by atoms with E-state index in [9.17, 15) is 18.5 Å². The van der Waals surface area contributed by atoms with Gasteiger partial charge in [-0.15, -0.1) is 6.58 Å². The number of benzene rings is 1. The number of sulfonamides is 1. The van der Waals surface area contributed by atoms with Crippen molar-refractivity contribution in [1.29, 1.82) is 0 Å². The largest absolute Gasteiger partial charge is 0.275 e. The smallest absolute Gasteiger partial charge is 0.264 e. The lowest BCUT2D eigenvalue weighted by Gasteiger charge is -2.16. The Labute approximate surface area is 109 Å². The molecule has 0 radical (unpaired) electrons. The molecule has 0 bridgehead atoms. The summed E-state index contributed by atoms with van der Waals surface area (Å²) in [5, 5.41) is 11.1. The minimum Gasteiger partial charge on any atom is -0.264 e. The molecule has 2 rings (SSSR count). The van der Waals surface area contributed by atoms with Crippen LogP contribution in [0.25, 0.3) is 0 Å². The average Bonchev–Trinajstić information content (AvgIpc) is 2.52. The number of nitrogens with zero attached hydrogens (tertiary/aromatic N) is 2. The number of fused-ring (bicyclic) bond motifs is 1. The summed E-state index contributed by atoms with van der Waals surface area (Å²) < 4.78 is 24.9. The molecule has 1 aliphatic heterocycles. The van der Waals surface area contributed by atoms with Crippen LogP contribution in [0.5, 0.6) is 0 Å². The summed E-state index contributed by atoms with van der Waals surface area (Å²) in [4.78, 5) is 10.3. The molecule has 0 saturated heterocycles. The summed E-state index contributed by atoms with van der Waals surface area (Å²) in [6.45, 7) is 3.50. The molecule has 0 spiro atoms. The molecule has 0 N–H and O–H groups in total. The SMILES string of the molecule is C=CCN1c2c(Cl)ccc([N+](=O)[O-])c2CS1(=O)=O. The molecule has 1 aromatic carbocycles. The standard InChI is InChI=1S/C10H9ClN2O4S/c1-2-5-12-10-7(6-18(12,16)17)9(13(14)15)4-3-8(10)11/h2-4H,1,5-6H2. The van der Waals surface area contributed by atoms with E-state index in [0.717, 1.165) is 4.31 Å². The van der Waals surface area contributed by atoms with Crippen molar-refractivity contribution in [3.8, 4) is 0 Å². The highest BCUT2D eigenvalue weighted by Crippen LogP contribution is 2.43. The zero-order chi connectivity index (χ0) is 13.5. The fraction of sp³-hybridized carbons (Fsp3) is 0.200. The van der Waals surface area contributed by atoms with E-state index in [1.165, 1.54) is 18.2 Å². The van der Waals surface area contributed by atoms with Gasteiger partial charge in [0.1, 0.15) is 5.75 Å². The average molecular weight is 289 g/mol. The fourth-order valence-corrected chi connectivity index (χ4v) is 3.86. The van der Waals surface area contributed by atoms with Crippen molar-refractivity contribution in [2.24, 2.45) is 0 Å². The first-order valence-corrected chi connectivity index (χ1v) is 6.94. The molecule has 0 atom stereocenters. The lowest BCUT2D eigenvalue weighted by molar-refractivity contribution is -0.385. The van der Waals surface area contributed by atoms with Crippen LogP contribution in [0.1, 0.15) is 5.56 Å². The van der Waals surface area contributed by atoms with Gasteiger partial charge >= 0.3 is 0 Å². The summed E-state index contributed by atoms with van der Waals surface area (Å²) in [6.07, 6.45) is 1.40. The van der Waals surface area contributed by atoms with Crippen LogP contribution in [0.2, 0.25) is 5.02 Å². The first-order valence-electron chi connectivity index (χ1n) is 4.95. The van der Waals surface area contributed by atoms with Crippen LogP contribution in [-0.4, -0.2) is 19.9 Å². The van der Waals surface area contributed by atoms with Gasteiger partial charge in [0, 0.05) is 6.07 Å². The normalized spacial score (nSPS) is 16.4. The topological polar surface area (TPSA) is 80.5 Å². The van der Waals surface area contributed by atoms with E-state index >= 15 is 0 Å². The maximum Gasteiger partial charge on any atom is 0.275 e. The fourth-order valence-electron chi connectivity index (χ4n) is 1.90. The zero-order valence-corrected chi connectivity index (χ0v) is 10.7. The quantitative estimate of drug-likeness (QED) is 0.484. The minimum absolute atomic E-state index is 0.0379. The van der Waals surface area contributed by atoms with E-state index in [-0.39, 0.29) is 28.5 Å². The second kappa shape index (κ2) is 4.25. The van der Waals surface area contributed by atoms with Crippen molar-refractivity contribution in [2.75, 3.05) is 10.8 Å². The van der Waals surface area contributed by atoms with Crippen LogP contribution in [-0.2, 0) is 15.8 Å². The first-order chi connectivity index (χ1) is 8.38. The Morgan fingerprint density at radius 1 is 1.56 bits per heavy atom. The van der Waals surface area contributed by atoms with Crippen LogP contribution in [0.3, 0.4) is 0 Å². The van der Waals surface area contributed by atoms with E-state index in [1.54, 1.807) is 0 Å². The maximum absolute atomic E-state index is 11.9. The number of anilines is 1. The minimum atomic E-state index is -3.61. The molecule has 18 heavy (non-hydrogen) atoms. The predicted octanol–water partition coefficient (Wildman–Crippen LogP) is 2.08. The third-order valence-electron chi connectivity index (χ3n) is 2.61. The van der Waals surface area contributed by atoms with Crippen molar-refractivity contribution in [3.63, 3.8) is 0 Å². The van der Waals surface area contributed by atoms with Gasteiger partial charge in [-0.05, 0) is 6.07 Å². The molecule has 8 heteroatoms. The maximum atomic E-state index is 11.9. The third-order valence-corrected chi connectivity index (χ3v) is 4.57. The van der Waals surface area contributed by atoms with E-state index in [2.05, 4.69) is 6.58 Å². The molecule has 0 unspecified atom stereocenters.